The highest BCUT2D eigenvalue weighted by Crippen LogP contribution is 2.39. The standard InChI is InChI=1S/C18H15N5O2S/c1-12-18(16(25)23(22-12)14-10-6-3-7-11-14)15(24)20-21-17(26-18)19-13-8-4-2-5-9-13/h2-11H,1H3,(H,19,21)(H,20,24). The van der Waals surface area contributed by atoms with Gasteiger partial charge in [-0.2, -0.15) is 10.1 Å². The van der Waals surface area contributed by atoms with Gasteiger partial charge in [-0.3, -0.25) is 20.4 Å². The fourth-order valence-electron chi connectivity index (χ4n) is 2.78. The zero-order valence-corrected chi connectivity index (χ0v) is 14.7. The summed E-state index contributed by atoms with van der Waals surface area (Å²) < 4.78 is -1.46. The smallest absolute Gasteiger partial charge is 0.276 e. The number of carbonyl (C=O) groups excluding carboxylic acids is 2. The number of hydrogen-bond donors (Lipinski definition) is 2. The summed E-state index contributed by atoms with van der Waals surface area (Å²) in [6, 6.07) is 18.3. The van der Waals surface area contributed by atoms with Crippen LogP contribution in [0.25, 0.3) is 0 Å². The van der Waals surface area contributed by atoms with Gasteiger partial charge in [-0.05, 0) is 31.2 Å². The number of benzene rings is 2. The Morgan fingerprint density at radius 1 is 1.00 bits per heavy atom. The van der Waals surface area contributed by atoms with Crippen LogP contribution in [0.4, 0.5) is 11.4 Å². The Kier molecular flexibility index (Phi) is 3.96. The molecule has 1 atom stereocenters. The first kappa shape index (κ1) is 16.3. The molecule has 2 aromatic carbocycles. The first-order chi connectivity index (χ1) is 12.6. The summed E-state index contributed by atoms with van der Waals surface area (Å²) in [4.78, 5) is 30.3. The van der Waals surface area contributed by atoms with E-state index in [0.717, 1.165) is 11.8 Å². The van der Waals surface area contributed by atoms with Gasteiger partial charge in [-0.1, -0.05) is 48.2 Å². The Labute approximate surface area is 154 Å². The SMILES string of the molecule is CC1=NN(c2ccccc2)C(=O)C12SC(=Nc1ccccc1)NNC2=O. The molecule has 1 fully saturated rings. The van der Waals surface area contributed by atoms with Crippen molar-refractivity contribution in [3.8, 4) is 0 Å². The van der Waals surface area contributed by atoms with Crippen molar-refractivity contribution in [2.75, 3.05) is 5.01 Å². The quantitative estimate of drug-likeness (QED) is 0.799. The van der Waals surface area contributed by atoms with E-state index in [2.05, 4.69) is 20.9 Å². The second-order valence-electron chi connectivity index (χ2n) is 5.75. The number of aliphatic imine (C=N–C) groups is 1. The van der Waals surface area contributed by atoms with Crippen LogP contribution in [-0.4, -0.2) is 27.4 Å². The maximum absolute atomic E-state index is 13.1. The first-order valence-corrected chi connectivity index (χ1v) is 8.77. The van der Waals surface area contributed by atoms with Gasteiger partial charge in [-0.25, -0.2) is 4.99 Å². The van der Waals surface area contributed by atoms with Crippen LogP contribution in [0.3, 0.4) is 0 Å². The summed E-state index contributed by atoms with van der Waals surface area (Å²) in [7, 11) is 0. The lowest BCUT2D eigenvalue weighted by molar-refractivity contribution is -0.129. The number of hydrazine groups is 1. The van der Waals surface area contributed by atoms with E-state index in [9.17, 15) is 9.59 Å². The van der Waals surface area contributed by atoms with Crippen LogP contribution in [0.1, 0.15) is 6.92 Å². The molecule has 130 valence electrons. The first-order valence-electron chi connectivity index (χ1n) is 7.96. The molecule has 0 aromatic heterocycles. The van der Waals surface area contributed by atoms with Gasteiger partial charge in [0.15, 0.2) is 5.17 Å². The summed E-state index contributed by atoms with van der Waals surface area (Å²) in [6.07, 6.45) is 0. The summed E-state index contributed by atoms with van der Waals surface area (Å²) in [5, 5.41) is 6.04. The van der Waals surface area contributed by atoms with Crippen molar-refractivity contribution < 1.29 is 9.59 Å². The Hall–Kier alpha value is -3.13. The van der Waals surface area contributed by atoms with Crippen molar-refractivity contribution in [2.24, 2.45) is 10.1 Å². The van der Waals surface area contributed by atoms with Gasteiger partial charge in [-0.15, -0.1) is 0 Å². The normalized spacial score (nSPS) is 23.8. The predicted molar refractivity (Wildman–Crippen MR) is 102 cm³/mol. The molecule has 2 aliphatic rings. The number of hydrazone groups is 1. The molecule has 1 saturated heterocycles. The fourth-order valence-corrected chi connectivity index (χ4v) is 3.83. The van der Waals surface area contributed by atoms with Gasteiger partial charge in [0.05, 0.1) is 17.1 Å². The largest absolute Gasteiger partial charge is 0.279 e. The average molecular weight is 365 g/mol. The van der Waals surface area contributed by atoms with E-state index < -0.39 is 16.6 Å². The summed E-state index contributed by atoms with van der Waals surface area (Å²) in [6.45, 7) is 1.68. The number of rotatable bonds is 2. The van der Waals surface area contributed by atoms with Crippen molar-refractivity contribution in [2.45, 2.75) is 11.7 Å². The minimum atomic E-state index is -1.46. The molecule has 0 bridgehead atoms. The molecule has 2 N–H and O–H groups in total. The highest BCUT2D eigenvalue weighted by Gasteiger charge is 2.59. The minimum absolute atomic E-state index is 0.411. The molecule has 2 aliphatic heterocycles. The molecule has 4 rings (SSSR count). The minimum Gasteiger partial charge on any atom is -0.276 e. The number of carbonyl (C=O) groups is 2. The van der Waals surface area contributed by atoms with Crippen LogP contribution in [0.2, 0.25) is 0 Å². The van der Waals surface area contributed by atoms with E-state index in [-0.39, 0.29) is 0 Å². The van der Waals surface area contributed by atoms with E-state index in [0.29, 0.717) is 22.3 Å². The van der Waals surface area contributed by atoms with E-state index in [1.807, 2.05) is 48.5 Å². The Bertz CT molecular complexity index is 929. The van der Waals surface area contributed by atoms with Crippen LogP contribution >= 0.6 is 11.8 Å². The third-order valence-corrected chi connectivity index (χ3v) is 5.44. The molecule has 0 aliphatic carbocycles. The fraction of sp³-hybridized carbons (Fsp3) is 0.111. The lowest BCUT2D eigenvalue weighted by Crippen LogP contribution is -2.63. The number of nitrogens with zero attached hydrogens (tertiary/aromatic N) is 3. The summed E-state index contributed by atoms with van der Waals surface area (Å²) in [5.74, 6) is -0.870. The zero-order chi connectivity index (χ0) is 18.1. The number of para-hydroxylation sites is 2. The molecule has 1 unspecified atom stereocenters. The Morgan fingerprint density at radius 2 is 1.65 bits per heavy atom. The van der Waals surface area contributed by atoms with E-state index in [1.54, 1.807) is 19.1 Å². The second-order valence-corrected chi connectivity index (χ2v) is 6.96. The zero-order valence-electron chi connectivity index (χ0n) is 13.8. The third-order valence-electron chi connectivity index (χ3n) is 4.09. The number of hydrogen-bond acceptors (Lipinski definition) is 5. The molecular formula is C18H15N5O2S. The van der Waals surface area contributed by atoms with Crippen LogP contribution in [0.5, 0.6) is 0 Å². The highest BCUT2D eigenvalue weighted by molar-refractivity contribution is 8.17. The number of amidine groups is 1. The van der Waals surface area contributed by atoms with Crippen molar-refractivity contribution >= 4 is 45.8 Å². The maximum atomic E-state index is 13.1. The van der Waals surface area contributed by atoms with Gasteiger partial charge >= 0.3 is 0 Å². The monoisotopic (exact) mass is 365 g/mol. The van der Waals surface area contributed by atoms with Crippen LogP contribution in [0.15, 0.2) is 70.8 Å². The second kappa shape index (κ2) is 6.30. The molecule has 7 nitrogen and oxygen atoms in total. The van der Waals surface area contributed by atoms with Crippen molar-refractivity contribution in [1.82, 2.24) is 10.9 Å². The lowest BCUT2D eigenvalue weighted by atomic mass is 10.0. The summed E-state index contributed by atoms with van der Waals surface area (Å²) >= 11 is 1.06. The van der Waals surface area contributed by atoms with E-state index in [1.165, 1.54) is 5.01 Å². The van der Waals surface area contributed by atoms with Gasteiger partial charge in [0, 0.05) is 0 Å². The molecule has 1 spiro atoms. The van der Waals surface area contributed by atoms with Crippen molar-refractivity contribution in [1.29, 1.82) is 0 Å². The van der Waals surface area contributed by atoms with Gasteiger partial charge in [0.2, 0.25) is 4.75 Å². The average Bonchev–Trinajstić information content (AvgIpc) is 2.92. The summed E-state index contributed by atoms with van der Waals surface area (Å²) in [5.41, 5.74) is 7.04. The molecule has 2 heterocycles. The van der Waals surface area contributed by atoms with Gasteiger partial charge in [0.25, 0.3) is 11.8 Å². The van der Waals surface area contributed by atoms with Crippen LogP contribution < -0.4 is 15.9 Å². The van der Waals surface area contributed by atoms with Crippen LogP contribution in [-0.2, 0) is 9.59 Å². The van der Waals surface area contributed by atoms with Gasteiger partial charge in [0.1, 0.15) is 0 Å². The molecule has 0 saturated carbocycles. The molecule has 8 heteroatoms. The predicted octanol–water partition coefficient (Wildman–Crippen LogP) is 2.20. The molecule has 26 heavy (non-hydrogen) atoms. The van der Waals surface area contributed by atoms with Crippen molar-refractivity contribution in [3.63, 3.8) is 0 Å². The number of nitrogens with one attached hydrogen (secondary N) is 2. The topological polar surface area (TPSA) is 86.2 Å². The molecule has 2 amide bonds. The molecule has 0 radical (unpaired) electrons. The van der Waals surface area contributed by atoms with Crippen LogP contribution in [0, 0.1) is 0 Å². The molecule has 2 aromatic rings. The number of anilines is 1. The van der Waals surface area contributed by atoms with Gasteiger partial charge < -0.3 is 0 Å². The van der Waals surface area contributed by atoms with Crippen molar-refractivity contribution in [3.05, 3.63) is 60.7 Å². The Balaban J connectivity index is 1.70. The van der Waals surface area contributed by atoms with E-state index >= 15 is 0 Å². The molecular weight excluding hydrogens is 350 g/mol. The lowest BCUT2D eigenvalue weighted by Gasteiger charge is -2.31. The highest BCUT2D eigenvalue weighted by atomic mass is 32.2. The third kappa shape index (κ3) is 2.55. The maximum Gasteiger partial charge on any atom is 0.279 e. The number of amides is 2. The Morgan fingerprint density at radius 3 is 2.35 bits per heavy atom. The van der Waals surface area contributed by atoms with E-state index in [4.69, 9.17) is 0 Å². The number of thioether (sulfide) groups is 1.